The van der Waals surface area contributed by atoms with Gasteiger partial charge in [0, 0.05) is 0 Å². The van der Waals surface area contributed by atoms with Gasteiger partial charge in [0.05, 0.1) is 12.7 Å². The van der Waals surface area contributed by atoms with Crippen molar-refractivity contribution in [1.82, 2.24) is 0 Å². The summed E-state index contributed by atoms with van der Waals surface area (Å²) in [6.45, 7) is 0.847. The molecule has 0 aromatic rings. The van der Waals surface area contributed by atoms with Crippen molar-refractivity contribution in [3.8, 4) is 0 Å². The van der Waals surface area contributed by atoms with Crippen LogP contribution in [-0.4, -0.2) is 18.8 Å². The largest absolute Gasteiger partial charge is 0.495 e. The van der Waals surface area contributed by atoms with Crippen LogP contribution in [0.1, 0.15) is 19.3 Å². The highest BCUT2D eigenvalue weighted by Gasteiger charge is 2.30. The molecule has 0 bridgehead atoms. The predicted octanol–water partition coefficient (Wildman–Crippen LogP) is 2.33. The van der Waals surface area contributed by atoms with Gasteiger partial charge < -0.3 is 9.47 Å². The van der Waals surface area contributed by atoms with Crippen molar-refractivity contribution in [2.45, 2.75) is 31.5 Å². The van der Waals surface area contributed by atoms with Crippen molar-refractivity contribution < 1.29 is 9.47 Å². The molecule has 3 rings (SSSR count). The Bertz CT molecular complexity index is 325. The maximum absolute atomic E-state index is 5.98. The highest BCUT2D eigenvalue weighted by atomic mass is 16.5. The number of hydrogen-bond donors (Lipinski definition) is 0. The summed E-state index contributed by atoms with van der Waals surface area (Å²) in [5.41, 5.74) is 1.26. The van der Waals surface area contributed by atoms with E-state index in [9.17, 15) is 0 Å². The minimum atomic E-state index is 0.220. The van der Waals surface area contributed by atoms with E-state index < -0.39 is 0 Å². The fourth-order valence-corrected chi connectivity index (χ4v) is 2.23. The molecule has 0 aromatic heterocycles. The Balaban J connectivity index is 1.92. The minimum absolute atomic E-state index is 0.220. The topological polar surface area (TPSA) is 18.5 Å². The molecule has 0 aromatic carbocycles. The lowest BCUT2D eigenvalue weighted by atomic mass is 9.95. The second kappa shape index (κ2) is 3.28. The maximum Gasteiger partial charge on any atom is 0.125 e. The van der Waals surface area contributed by atoms with Gasteiger partial charge in [-0.3, -0.25) is 0 Å². The normalized spacial score (nSPS) is 34.9. The summed E-state index contributed by atoms with van der Waals surface area (Å²) in [6.07, 6.45) is 12.3. The highest BCUT2D eigenvalue weighted by Crippen LogP contribution is 2.32. The molecule has 0 saturated carbocycles. The van der Waals surface area contributed by atoms with Crippen molar-refractivity contribution in [2.75, 3.05) is 6.61 Å². The average molecular weight is 190 g/mol. The van der Waals surface area contributed by atoms with Crippen LogP contribution in [0.25, 0.3) is 0 Å². The molecule has 1 aliphatic carbocycles. The standard InChI is InChI=1S/C12H14O2/c1-2-5-10-9(4-1)8-12-11(14-10)6-3-7-13-12/h1-2,4,8,10-11H,3,5-7H2. The second-order valence-electron chi connectivity index (χ2n) is 3.98. The van der Waals surface area contributed by atoms with Crippen molar-refractivity contribution >= 4 is 0 Å². The first-order chi connectivity index (χ1) is 6.93. The Morgan fingerprint density at radius 2 is 2.29 bits per heavy atom. The third kappa shape index (κ3) is 1.30. The van der Waals surface area contributed by atoms with E-state index in [-0.39, 0.29) is 12.2 Å². The second-order valence-corrected chi connectivity index (χ2v) is 3.98. The van der Waals surface area contributed by atoms with Crippen LogP contribution in [0.4, 0.5) is 0 Å². The van der Waals surface area contributed by atoms with E-state index >= 15 is 0 Å². The fraction of sp³-hybridized carbons (Fsp3) is 0.500. The van der Waals surface area contributed by atoms with Crippen LogP contribution in [0.2, 0.25) is 0 Å². The SMILES string of the molecule is C1=CCC2OC3CCCOC3=CC2=C1. The Morgan fingerprint density at radius 1 is 1.29 bits per heavy atom. The monoisotopic (exact) mass is 190 g/mol. The van der Waals surface area contributed by atoms with Crippen molar-refractivity contribution in [3.05, 3.63) is 35.6 Å². The lowest BCUT2D eigenvalue weighted by Crippen LogP contribution is -2.33. The van der Waals surface area contributed by atoms with Gasteiger partial charge in [-0.1, -0.05) is 18.2 Å². The maximum atomic E-state index is 5.98. The van der Waals surface area contributed by atoms with Gasteiger partial charge in [-0.2, -0.15) is 0 Å². The molecule has 2 heterocycles. The lowest BCUT2D eigenvalue weighted by molar-refractivity contribution is -0.0403. The van der Waals surface area contributed by atoms with Gasteiger partial charge in [-0.15, -0.1) is 0 Å². The summed E-state index contributed by atoms with van der Waals surface area (Å²) in [5.74, 6) is 1.04. The average Bonchev–Trinajstić information content (AvgIpc) is 2.26. The van der Waals surface area contributed by atoms with Crippen LogP contribution < -0.4 is 0 Å². The van der Waals surface area contributed by atoms with E-state index in [0.29, 0.717) is 0 Å². The van der Waals surface area contributed by atoms with E-state index in [2.05, 4.69) is 24.3 Å². The van der Waals surface area contributed by atoms with Crippen molar-refractivity contribution in [1.29, 1.82) is 0 Å². The first kappa shape index (κ1) is 8.30. The zero-order valence-electron chi connectivity index (χ0n) is 8.11. The summed E-state index contributed by atoms with van der Waals surface area (Å²) in [5, 5.41) is 0. The van der Waals surface area contributed by atoms with E-state index in [4.69, 9.17) is 9.47 Å². The molecule has 0 radical (unpaired) electrons. The van der Waals surface area contributed by atoms with Gasteiger partial charge >= 0.3 is 0 Å². The van der Waals surface area contributed by atoms with Crippen LogP contribution in [0.3, 0.4) is 0 Å². The molecule has 0 amide bonds. The predicted molar refractivity (Wildman–Crippen MR) is 53.8 cm³/mol. The molecule has 74 valence electrons. The molecule has 14 heavy (non-hydrogen) atoms. The third-order valence-corrected chi connectivity index (χ3v) is 2.98. The van der Waals surface area contributed by atoms with Crippen LogP contribution in [0.15, 0.2) is 35.6 Å². The first-order valence-corrected chi connectivity index (χ1v) is 5.30. The highest BCUT2D eigenvalue weighted by molar-refractivity contribution is 5.36. The number of fused-ring (bicyclic) bond motifs is 2. The van der Waals surface area contributed by atoms with Crippen LogP contribution in [0, 0.1) is 0 Å². The summed E-state index contributed by atoms with van der Waals surface area (Å²) in [7, 11) is 0. The molecule has 2 unspecified atom stereocenters. The molecule has 3 aliphatic rings. The van der Waals surface area contributed by atoms with Gasteiger partial charge in [0.25, 0.3) is 0 Å². The van der Waals surface area contributed by atoms with Crippen molar-refractivity contribution in [3.63, 3.8) is 0 Å². The molecule has 0 spiro atoms. The Labute approximate surface area is 83.9 Å². The van der Waals surface area contributed by atoms with Crippen LogP contribution in [0.5, 0.6) is 0 Å². The molecular formula is C12H14O2. The van der Waals surface area contributed by atoms with Gasteiger partial charge in [-0.05, 0) is 30.9 Å². The van der Waals surface area contributed by atoms with Gasteiger partial charge in [0.15, 0.2) is 0 Å². The Morgan fingerprint density at radius 3 is 3.29 bits per heavy atom. The van der Waals surface area contributed by atoms with Gasteiger partial charge in [0.2, 0.25) is 0 Å². The van der Waals surface area contributed by atoms with Gasteiger partial charge in [-0.25, -0.2) is 0 Å². The van der Waals surface area contributed by atoms with Crippen molar-refractivity contribution in [2.24, 2.45) is 0 Å². The zero-order chi connectivity index (χ0) is 9.38. The number of ether oxygens (including phenoxy) is 2. The Kier molecular flexibility index (Phi) is 1.95. The fourth-order valence-electron chi connectivity index (χ4n) is 2.23. The van der Waals surface area contributed by atoms with Crippen LogP contribution in [-0.2, 0) is 9.47 Å². The third-order valence-electron chi connectivity index (χ3n) is 2.98. The molecule has 1 saturated heterocycles. The first-order valence-electron chi connectivity index (χ1n) is 5.30. The summed E-state index contributed by atoms with van der Waals surface area (Å²) >= 11 is 0. The smallest absolute Gasteiger partial charge is 0.125 e. The number of allylic oxidation sites excluding steroid dienone is 2. The molecule has 1 fully saturated rings. The molecular weight excluding hydrogens is 176 g/mol. The van der Waals surface area contributed by atoms with E-state index in [1.807, 2.05) is 0 Å². The van der Waals surface area contributed by atoms with E-state index in [1.165, 1.54) is 5.57 Å². The van der Waals surface area contributed by atoms with E-state index in [0.717, 1.165) is 31.6 Å². The zero-order valence-corrected chi connectivity index (χ0v) is 8.11. The van der Waals surface area contributed by atoms with Crippen LogP contribution >= 0.6 is 0 Å². The number of rotatable bonds is 0. The van der Waals surface area contributed by atoms with Gasteiger partial charge in [0.1, 0.15) is 11.9 Å². The molecule has 2 heteroatoms. The van der Waals surface area contributed by atoms with E-state index in [1.54, 1.807) is 0 Å². The molecule has 2 aliphatic heterocycles. The molecule has 2 atom stereocenters. The summed E-state index contributed by atoms with van der Waals surface area (Å²) in [6, 6.07) is 0. The summed E-state index contributed by atoms with van der Waals surface area (Å²) in [4.78, 5) is 0. The lowest BCUT2D eigenvalue weighted by Gasteiger charge is -2.35. The Hall–Kier alpha value is -1.02. The minimum Gasteiger partial charge on any atom is -0.495 e. The quantitative estimate of drug-likeness (QED) is 0.583. The number of hydrogen-bond acceptors (Lipinski definition) is 2. The molecule has 2 nitrogen and oxygen atoms in total. The molecule has 0 N–H and O–H groups in total. The summed E-state index contributed by atoms with van der Waals surface area (Å²) < 4.78 is 11.6.